The van der Waals surface area contributed by atoms with Gasteiger partial charge in [-0.25, -0.2) is 9.79 Å². The summed E-state index contributed by atoms with van der Waals surface area (Å²) in [6, 6.07) is 15.3. The first kappa shape index (κ1) is 17.7. The summed E-state index contributed by atoms with van der Waals surface area (Å²) in [5.74, 6) is 0.553. The number of aliphatic imine (C=N–C) groups is 1. The molecule has 0 amide bonds. The predicted molar refractivity (Wildman–Crippen MR) is 104 cm³/mol. The molecule has 0 atom stereocenters. The first-order valence-electron chi connectivity index (χ1n) is 8.67. The Hall–Kier alpha value is -3.08. The molecule has 0 saturated heterocycles. The van der Waals surface area contributed by atoms with E-state index >= 15 is 0 Å². The quantitative estimate of drug-likeness (QED) is 0.586. The lowest BCUT2D eigenvalue weighted by molar-refractivity contribution is -0.129. The van der Waals surface area contributed by atoms with Gasteiger partial charge in [0.05, 0.1) is 7.11 Å². The maximum Gasteiger partial charge on any atom is 0.363 e. The topological polar surface area (TPSA) is 51.1 Å². The lowest BCUT2D eigenvalue weighted by atomic mass is 10.1. The van der Waals surface area contributed by atoms with Gasteiger partial charge in [-0.3, -0.25) is 0 Å². The van der Waals surface area contributed by atoms with E-state index in [2.05, 4.69) is 23.7 Å². The van der Waals surface area contributed by atoms with Gasteiger partial charge in [0.1, 0.15) is 5.75 Å². The minimum atomic E-state index is -0.460. The third-order valence-electron chi connectivity index (χ3n) is 4.28. The number of ether oxygens (including phenoxy) is 2. The van der Waals surface area contributed by atoms with Crippen molar-refractivity contribution in [1.29, 1.82) is 0 Å². The van der Waals surface area contributed by atoms with Crippen LogP contribution in [0, 0.1) is 0 Å². The van der Waals surface area contributed by atoms with Gasteiger partial charge in [-0.05, 0) is 44.2 Å². The fraction of sp³-hybridized carbons (Fsp3) is 0.238. The summed E-state index contributed by atoms with van der Waals surface area (Å²) in [5, 5.41) is 0. The number of anilines is 1. The molecular weight excluding hydrogens is 328 g/mol. The van der Waals surface area contributed by atoms with Crippen molar-refractivity contribution in [3.8, 4) is 5.75 Å². The molecule has 5 nitrogen and oxygen atoms in total. The molecule has 1 aliphatic rings. The van der Waals surface area contributed by atoms with E-state index in [0.29, 0.717) is 11.6 Å². The average Bonchev–Trinajstić information content (AvgIpc) is 3.05. The summed E-state index contributed by atoms with van der Waals surface area (Å²) in [4.78, 5) is 18.7. The Balaban J connectivity index is 1.94. The van der Waals surface area contributed by atoms with E-state index in [4.69, 9.17) is 9.47 Å². The average molecular weight is 350 g/mol. The zero-order valence-corrected chi connectivity index (χ0v) is 15.2. The van der Waals surface area contributed by atoms with Crippen molar-refractivity contribution < 1.29 is 14.3 Å². The molecule has 0 radical (unpaired) electrons. The van der Waals surface area contributed by atoms with Crippen LogP contribution in [0.25, 0.3) is 6.08 Å². The third-order valence-corrected chi connectivity index (χ3v) is 4.28. The van der Waals surface area contributed by atoms with E-state index in [1.54, 1.807) is 13.2 Å². The number of benzene rings is 2. The summed E-state index contributed by atoms with van der Waals surface area (Å²) in [6.45, 7) is 6.05. The summed E-state index contributed by atoms with van der Waals surface area (Å²) < 4.78 is 10.8. The van der Waals surface area contributed by atoms with E-state index in [1.807, 2.05) is 48.5 Å². The van der Waals surface area contributed by atoms with Crippen LogP contribution in [-0.4, -0.2) is 32.1 Å². The zero-order chi connectivity index (χ0) is 18.5. The second-order valence-corrected chi connectivity index (χ2v) is 5.80. The Bertz CT molecular complexity index is 853. The van der Waals surface area contributed by atoms with Crippen LogP contribution in [0.4, 0.5) is 5.69 Å². The van der Waals surface area contributed by atoms with E-state index in [-0.39, 0.29) is 5.70 Å². The molecule has 0 fully saturated rings. The van der Waals surface area contributed by atoms with Crippen LogP contribution >= 0.6 is 0 Å². The van der Waals surface area contributed by atoms with Crippen LogP contribution in [0.1, 0.15) is 25.0 Å². The number of nitrogens with zero attached hydrogens (tertiary/aromatic N) is 2. The van der Waals surface area contributed by atoms with E-state index in [1.165, 1.54) is 0 Å². The number of carbonyl (C=O) groups is 1. The lowest BCUT2D eigenvalue weighted by Gasteiger charge is -2.22. The molecule has 0 aliphatic carbocycles. The molecule has 0 spiro atoms. The van der Waals surface area contributed by atoms with E-state index in [0.717, 1.165) is 29.9 Å². The minimum Gasteiger partial charge on any atom is -0.496 e. The normalized spacial score (nSPS) is 15.0. The van der Waals surface area contributed by atoms with Crippen LogP contribution < -0.4 is 9.64 Å². The van der Waals surface area contributed by atoms with Gasteiger partial charge < -0.3 is 14.4 Å². The molecular formula is C21H22N2O3. The van der Waals surface area contributed by atoms with Gasteiger partial charge in [0.2, 0.25) is 5.90 Å². The molecule has 0 saturated carbocycles. The van der Waals surface area contributed by atoms with Crippen molar-refractivity contribution in [2.75, 3.05) is 25.1 Å². The summed E-state index contributed by atoms with van der Waals surface area (Å²) in [5.41, 5.74) is 2.90. The Morgan fingerprint density at radius 3 is 2.50 bits per heavy atom. The van der Waals surface area contributed by atoms with Crippen LogP contribution in [0.5, 0.6) is 5.75 Å². The Morgan fingerprint density at radius 2 is 1.85 bits per heavy atom. The first-order chi connectivity index (χ1) is 12.7. The van der Waals surface area contributed by atoms with Gasteiger partial charge in [-0.15, -0.1) is 0 Å². The number of hydrogen-bond donors (Lipinski definition) is 0. The number of rotatable bonds is 6. The smallest absolute Gasteiger partial charge is 0.363 e. The maximum atomic E-state index is 12.2. The van der Waals surface area contributed by atoms with E-state index < -0.39 is 5.97 Å². The van der Waals surface area contributed by atoms with Crippen molar-refractivity contribution in [1.82, 2.24) is 0 Å². The molecule has 0 N–H and O–H groups in total. The van der Waals surface area contributed by atoms with Crippen molar-refractivity contribution in [2.24, 2.45) is 4.99 Å². The van der Waals surface area contributed by atoms with Crippen LogP contribution in [0.3, 0.4) is 0 Å². The van der Waals surface area contributed by atoms with Gasteiger partial charge in [-0.1, -0.05) is 18.2 Å². The largest absolute Gasteiger partial charge is 0.496 e. The van der Waals surface area contributed by atoms with Crippen molar-refractivity contribution in [2.45, 2.75) is 13.8 Å². The molecule has 3 rings (SSSR count). The number of esters is 1. The third kappa shape index (κ3) is 3.61. The molecule has 0 unspecified atom stereocenters. The highest BCUT2D eigenvalue weighted by molar-refractivity contribution is 6.12. The summed E-state index contributed by atoms with van der Waals surface area (Å²) in [7, 11) is 1.62. The van der Waals surface area contributed by atoms with Gasteiger partial charge in [0.15, 0.2) is 5.70 Å². The second kappa shape index (κ2) is 7.87. The standard InChI is InChI=1S/C21H22N2O3/c1-4-23(5-2)17-12-11-16(19(14-17)25-3)13-18-21(24)26-20(22-18)15-9-7-6-8-10-15/h6-14H,4-5H2,1-3H3/b18-13-. The van der Waals surface area contributed by atoms with E-state index in [9.17, 15) is 4.79 Å². The van der Waals surface area contributed by atoms with Crippen LogP contribution in [0.2, 0.25) is 0 Å². The first-order valence-corrected chi connectivity index (χ1v) is 8.67. The fourth-order valence-corrected chi connectivity index (χ4v) is 2.87. The van der Waals surface area contributed by atoms with Crippen LogP contribution in [-0.2, 0) is 9.53 Å². The van der Waals surface area contributed by atoms with Gasteiger partial charge in [0.25, 0.3) is 0 Å². The Labute approximate surface area is 153 Å². The highest BCUT2D eigenvalue weighted by atomic mass is 16.6. The molecule has 1 heterocycles. The molecule has 0 aromatic heterocycles. The monoisotopic (exact) mass is 350 g/mol. The zero-order valence-electron chi connectivity index (χ0n) is 15.2. The van der Waals surface area contributed by atoms with Gasteiger partial charge in [-0.2, -0.15) is 0 Å². The highest BCUT2D eigenvalue weighted by Crippen LogP contribution is 2.29. The molecule has 0 bridgehead atoms. The molecule has 2 aromatic rings. The maximum absolute atomic E-state index is 12.2. The number of hydrogen-bond acceptors (Lipinski definition) is 5. The molecule has 134 valence electrons. The van der Waals surface area contributed by atoms with Crippen molar-refractivity contribution >= 4 is 23.6 Å². The Morgan fingerprint density at radius 1 is 1.12 bits per heavy atom. The predicted octanol–water partition coefficient (Wildman–Crippen LogP) is 3.89. The number of cyclic esters (lactones) is 1. The number of carbonyl (C=O) groups excluding carboxylic acids is 1. The lowest BCUT2D eigenvalue weighted by Crippen LogP contribution is -2.21. The molecule has 5 heteroatoms. The molecule has 1 aliphatic heterocycles. The summed E-state index contributed by atoms with van der Waals surface area (Å²) in [6.07, 6.45) is 1.70. The second-order valence-electron chi connectivity index (χ2n) is 5.80. The van der Waals surface area contributed by atoms with Gasteiger partial charge >= 0.3 is 5.97 Å². The van der Waals surface area contributed by atoms with Crippen LogP contribution in [0.15, 0.2) is 59.2 Å². The van der Waals surface area contributed by atoms with Gasteiger partial charge in [0, 0.05) is 36.0 Å². The SMILES string of the molecule is CCN(CC)c1ccc(/C=C2\N=C(c3ccccc3)OC2=O)c(OC)c1. The van der Waals surface area contributed by atoms with Crippen molar-refractivity contribution in [3.63, 3.8) is 0 Å². The minimum absolute atomic E-state index is 0.262. The Kier molecular flexibility index (Phi) is 5.37. The summed E-state index contributed by atoms with van der Waals surface area (Å²) >= 11 is 0. The molecule has 2 aromatic carbocycles. The molecule has 26 heavy (non-hydrogen) atoms. The fourth-order valence-electron chi connectivity index (χ4n) is 2.87. The number of methoxy groups -OCH3 is 1. The highest BCUT2D eigenvalue weighted by Gasteiger charge is 2.24. The van der Waals surface area contributed by atoms with Crippen molar-refractivity contribution in [3.05, 3.63) is 65.4 Å².